The Morgan fingerprint density at radius 1 is 1.40 bits per heavy atom. The quantitative estimate of drug-likeness (QED) is 0.797. The lowest BCUT2D eigenvalue weighted by Gasteiger charge is -2.27. The van der Waals surface area contributed by atoms with Gasteiger partial charge in [-0.2, -0.15) is 5.26 Å². The van der Waals surface area contributed by atoms with Gasteiger partial charge in [0.05, 0.1) is 6.07 Å². The maximum absolute atomic E-state index is 14.0. The van der Waals surface area contributed by atoms with E-state index in [1.165, 1.54) is 17.9 Å². The minimum absolute atomic E-state index is 0.0959. The van der Waals surface area contributed by atoms with Crippen molar-refractivity contribution in [2.45, 2.75) is 38.6 Å². The van der Waals surface area contributed by atoms with Crippen molar-refractivity contribution >= 4 is 5.91 Å². The Morgan fingerprint density at radius 3 is 2.65 bits per heavy atom. The van der Waals surface area contributed by atoms with Gasteiger partial charge in [-0.25, -0.2) is 8.78 Å². The summed E-state index contributed by atoms with van der Waals surface area (Å²) in [6.45, 7) is 1.34. The Labute approximate surface area is 116 Å². The summed E-state index contributed by atoms with van der Waals surface area (Å²) in [6.07, 6.45) is 3.50. The topological polar surface area (TPSA) is 44.1 Å². The van der Waals surface area contributed by atoms with Crippen LogP contribution >= 0.6 is 0 Å². The number of nitrogens with zero attached hydrogens (tertiary/aromatic N) is 2. The van der Waals surface area contributed by atoms with E-state index in [-0.39, 0.29) is 18.2 Å². The number of amides is 1. The van der Waals surface area contributed by atoms with Crippen LogP contribution in [0.1, 0.15) is 41.6 Å². The van der Waals surface area contributed by atoms with Gasteiger partial charge in [0.15, 0.2) is 0 Å². The number of carbonyl (C=O) groups is 1. The highest BCUT2D eigenvalue weighted by molar-refractivity contribution is 5.95. The minimum atomic E-state index is -0.876. The molecule has 0 aromatic heterocycles. The molecular weight excluding hydrogens is 262 g/mol. The molecule has 1 aliphatic rings. The molecule has 0 unspecified atom stereocenters. The molecule has 1 amide bonds. The molecule has 5 heteroatoms. The molecule has 0 N–H and O–H groups in total. The van der Waals surface area contributed by atoms with Crippen LogP contribution in [0, 0.1) is 29.9 Å². The summed E-state index contributed by atoms with van der Waals surface area (Å²) in [5.41, 5.74) is -0.328. The summed E-state index contributed by atoms with van der Waals surface area (Å²) in [7, 11) is 0. The zero-order valence-corrected chi connectivity index (χ0v) is 11.3. The van der Waals surface area contributed by atoms with Crippen molar-refractivity contribution < 1.29 is 13.6 Å². The van der Waals surface area contributed by atoms with Crippen molar-refractivity contribution in [3.05, 3.63) is 34.9 Å². The van der Waals surface area contributed by atoms with Gasteiger partial charge in [-0.3, -0.25) is 4.79 Å². The highest BCUT2D eigenvalue weighted by Crippen LogP contribution is 2.26. The summed E-state index contributed by atoms with van der Waals surface area (Å²) in [5, 5.41) is 8.85. The second kappa shape index (κ2) is 6.00. The van der Waals surface area contributed by atoms with Crippen LogP contribution in [0.2, 0.25) is 0 Å². The third-order valence-corrected chi connectivity index (χ3v) is 3.77. The third kappa shape index (κ3) is 2.64. The van der Waals surface area contributed by atoms with Crippen LogP contribution in [0.5, 0.6) is 0 Å². The van der Waals surface area contributed by atoms with Gasteiger partial charge in [-0.05, 0) is 31.4 Å². The molecule has 0 aliphatic heterocycles. The molecule has 1 aliphatic carbocycles. The first-order valence-corrected chi connectivity index (χ1v) is 6.68. The maximum Gasteiger partial charge on any atom is 0.260 e. The van der Waals surface area contributed by atoms with Gasteiger partial charge in [0, 0.05) is 6.04 Å². The van der Waals surface area contributed by atoms with Crippen LogP contribution in [0.15, 0.2) is 12.1 Å². The summed E-state index contributed by atoms with van der Waals surface area (Å²) in [6, 6.07) is 4.20. The Hall–Kier alpha value is -1.96. The van der Waals surface area contributed by atoms with E-state index < -0.39 is 23.1 Å². The van der Waals surface area contributed by atoms with Crippen LogP contribution in [0.25, 0.3) is 0 Å². The molecule has 1 saturated carbocycles. The van der Waals surface area contributed by atoms with E-state index in [0.717, 1.165) is 31.7 Å². The highest BCUT2D eigenvalue weighted by atomic mass is 19.1. The molecule has 0 heterocycles. The Balaban J connectivity index is 2.37. The Kier molecular flexibility index (Phi) is 4.33. The number of hydrogen-bond acceptors (Lipinski definition) is 2. The van der Waals surface area contributed by atoms with Gasteiger partial charge in [0.1, 0.15) is 23.7 Å². The molecule has 1 aromatic carbocycles. The molecule has 1 fully saturated rings. The van der Waals surface area contributed by atoms with Gasteiger partial charge in [-0.1, -0.05) is 18.9 Å². The van der Waals surface area contributed by atoms with Crippen molar-refractivity contribution in [3.8, 4) is 6.07 Å². The predicted octanol–water partition coefficient (Wildman–Crippen LogP) is 3.18. The Morgan fingerprint density at radius 2 is 2.05 bits per heavy atom. The van der Waals surface area contributed by atoms with Gasteiger partial charge >= 0.3 is 0 Å². The lowest BCUT2D eigenvalue weighted by atomic mass is 10.1. The monoisotopic (exact) mass is 278 g/mol. The molecule has 2 rings (SSSR count). The minimum Gasteiger partial charge on any atom is -0.322 e. The van der Waals surface area contributed by atoms with Crippen molar-refractivity contribution in [2.24, 2.45) is 0 Å². The number of carbonyl (C=O) groups excluding carboxylic acids is 1. The smallest absolute Gasteiger partial charge is 0.260 e. The van der Waals surface area contributed by atoms with E-state index in [2.05, 4.69) is 0 Å². The first-order chi connectivity index (χ1) is 9.56. The number of nitriles is 1. The summed E-state index contributed by atoms with van der Waals surface area (Å²) in [4.78, 5) is 13.7. The van der Waals surface area contributed by atoms with Crippen LogP contribution < -0.4 is 0 Å². The standard InChI is InChI=1S/C15H16F2N2O/c1-10-6-7-12(16)13(14(10)17)15(20)19(9-8-18)11-4-2-3-5-11/h6-7,11H,2-5,9H2,1H3. The summed E-state index contributed by atoms with van der Waals surface area (Å²) < 4.78 is 27.8. The molecule has 20 heavy (non-hydrogen) atoms. The lowest BCUT2D eigenvalue weighted by Crippen LogP contribution is -2.40. The summed E-state index contributed by atoms with van der Waals surface area (Å²) >= 11 is 0. The third-order valence-electron chi connectivity index (χ3n) is 3.77. The molecule has 1 aromatic rings. The zero-order valence-electron chi connectivity index (χ0n) is 11.3. The van der Waals surface area contributed by atoms with Gasteiger partial charge < -0.3 is 4.90 Å². The summed E-state index contributed by atoms with van der Waals surface area (Å²) in [5.74, 6) is -2.44. The van der Waals surface area contributed by atoms with Crippen LogP contribution in [0.4, 0.5) is 8.78 Å². The second-order valence-electron chi connectivity index (χ2n) is 5.08. The fourth-order valence-electron chi connectivity index (χ4n) is 2.66. The van der Waals surface area contributed by atoms with E-state index in [1.54, 1.807) is 0 Å². The largest absolute Gasteiger partial charge is 0.322 e. The highest BCUT2D eigenvalue weighted by Gasteiger charge is 2.30. The van der Waals surface area contributed by atoms with E-state index in [1.807, 2.05) is 6.07 Å². The normalized spacial score (nSPS) is 15.1. The fraction of sp³-hybridized carbons (Fsp3) is 0.467. The average Bonchev–Trinajstić information content (AvgIpc) is 2.94. The molecule has 0 bridgehead atoms. The first kappa shape index (κ1) is 14.4. The van der Waals surface area contributed by atoms with Gasteiger partial charge in [0.2, 0.25) is 0 Å². The van der Waals surface area contributed by atoms with Crippen LogP contribution in [-0.2, 0) is 0 Å². The zero-order chi connectivity index (χ0) is 14.7. The molecule has 0 radical (unpaired) electrons. The van der Waals surface area contributed by atoms with E-state index >= 15 is 0 Å². The van der Waals surface area contributed by atoms with Gasteiger partial charge in [0.25, 0.3) is 5.91 Å². The average molecular weight is 278 g/mol. The number of halogens is 2. The number of aryl methyl sites for hydroxylation is 1. The van der Waals surface area contributed by atoms with E-state index in [9.17, 15) is 13.6 Å². The van der Waals surface area contributed by atoms with Crippen molar-refractivity contribution in [1.82, 2.24) is 4.90 Å². The molecular formula is C15H16F2N2O. The van der Waals surface area contributed by atoms with Crippen LogP contribution in [-0.4, -0.2) is 23.4 Å². The Bertz CT molecular complexity index is 560. The number of rotatable bonds is 3. The second-order valence-corrected chi connectivity index (χ2v) is 5.08. The molecule has 0 saturated heterocycles. The fourth-order valence-corrected chi connectivity index (χ4v) is 2.66. The van der Waals surface area contributed by atoms with Crippen molar-refractivity contribution in [1.29, 1.82) is 5.26 Å². The molecule has 3 nitrogen and oxygen atoms in total. The van der Waals surface area contributed by atoms with E-state index in [0.29, 0.717) is 0 Å². The molecule has 0 spiro atoms. The van der Waals surface area contributed by atoms with E-state index in [4.69, 9.17) is 5.26 Å². The first-order valence-electron chi connectivity index (χ1n) is 6.68. The molecule has 0 atom stereocenters. The SMILES string of the molecule is Cc1ccc(F)c(C(=O)N(CC#N)C2CCCC2)c1F. The lowest BCUT2D eigenvalue weighted by molar-refractivity contribution is 0.0699. The maximum atomic E-state index is 14.0. The predicted molar refractivity (Wildman–Crippen MR) is 70.0 cm³/mol. The molecule has 106 valence electrons. The number of hydrogen-bond donors (Lipinski definition) is 0. The van der Waals surface area contributed by atoms with Crippen molar-refractivity contribution in [2.75, 3.05) is 6.54 Å². The van der Waals surface area contributed by atoms with Gasteiger partial charge in [-0.15, -0.1) is 0 Å². The van der Waals surface area contributed by atoms with Crippen molar-refractivity contribution in [3.63, 3.8) is 0 Å². The van der Waals surface area contributed by atoms with Crippen LogP contribution in [0.3, 0.4) is 0 Å². The number of benzene rings is 1.